The van der Waals surface area contributed by atoms with E-state index in [0.29, 0.717) is 6.54 Å². The molecule has 6 heteroatoms. The fraction of sp³-hybridized carbons (Fsp3) is 0.500. The molecule has 0 radical (unpaired) electrons. The van der Waals surface area contributed by atoms with Crippen LogP contribution in [0.1, 0.15) is 23.3 Å². The van der Waals surface area contributed by atoms with Crippen molar-refractivity contribution in [2.24, 2.45) is 5.92 Å². The number of rotatable bonds is 5. The Labute approximate surface area is 135 Å². The lowest BCUT2D eigenvalue weighted by Gasteiger charge is -2.26. The van der Waals surface area contributed by atoms with E-state index in [4.69, 9.17) is 5.11 Å². The maximum absolute atomic E-state index is 12.1. The molecule has 2 amide bonds. The molecule has 1 aliphatic rings. The normalized spacial score (nSPS) is 18.2. The van der Waals surface area contributed by atoms with Crippen molar-refractivity contribution in [3.63, 3.8) is 0 Å². The molecule has 0 aliphatic carbocycles. The summed E-state index contributed by atoms with van der Waals surface area (Å²) in [6.07, 6.45) is 1.07. The Kier molecular flexibility index (Phi) is 5.71. The van der Waals surface area contributed by atoms with Gasteiger partial charge in [-0.25, -0.2) is 4.79 Å². The van der Waals surface area contributed by atoms with Gasteiger partial charge in [-0.15, -0.1) is 0 Å². The molecule has 0 bridgehead atoms. The molecule has 5 nitrogen and oxygen atoms in total. The minimum absolute atomic E-state index is 0.204. The zero-order chi connectivity index (χ0) is 16.1. The topological polar surface area (TPSA) is 69.6 Å². The van der Waals surface area contributed by atoms with E-state index in [-0.39, 0.29) is 17.8 Å². The van der Waals surface area contributed by atoms with Gasteiger partial charge in [-0.3, -0.25) is 4.79 Å². The molecule has 0 spiro atoms. The predicted octanol–water partition coefficient (Wildman–Crippen LogP) is 2.38. The first-order valence-electron chi connectivity index (χ1n) is 7.40. The van der Waals surface area contributed by atoms with Crippen LogP contribution in [0.4, 0.5) is 4.79 Å². The Bertz CT molecular complexity index is 550. The number of aryl methyl sites for hydroxylation is 1. The molecule has 2 N–H and O–H groups in total. The zero-order valence-electron chi connectivity index (χ0n) is 12.9. The van der Waals surface area contributed by atoms with Crippen molar-refractivity contribution in [3.8, 4) is 0 Å². The number of urea groups is 1. The van der Waals surface area contributed by atoms with Gasteiger partial charge in [0, 0.05) is 25.4 Å². The summed E-state index contributed by atoms with van der Waals surface area (Å²) in [5.74, 6) is -0.402. The standard InChI is InChI=1S/C16H22N2O3S/c1-11(15(19)20)10-18(2)16(21)17-9-14-13-6-4-3-5-12(13)7-8-22-14/h3-6,11,14H,7-10H2,1-2H3,(H,17,21)(H,19,20). The monoisotopic (exact) mass is 322 g/mol. The first kappa shape index (κ1) is 16.7. The van der Waals surface area contributed by atoms with Crippen LogP contribution in [-0.2, 0) is 11.2 Å². The Morgan fingerprint density at radius 2 is 2.18 bits per heavy atom. The SMILES string of the molecule is CC(CN(C)C(=O)NCC1SCCc2ccccc21)C(=O)O. The third-order valence-electron chi connectivity index (χ3n) is 3.85. The number of carboxylic acids is 1. The number of carbonyl (C=O) groups is 2. The molecule has 0 saturated heterocycles. The zero-order valence-corrected chi connectivity index (χ0v) is 13.7. The number of fused-ring (bicyclic) bond motifs is 1. The second-order valence-corrected chi connectivity index (χ2v) is 6.92. The van der Waals surface area contributed by atoms with Crippen molar-refractivity contribution in [2.45, 2.75) is 18.6 Å². The number of thioether (sulfide) groups is 1. The fourth-order valence-corrected chi connectivity index (χ4v) is 3.77. The summed E-state index contributed by atoms with van der Waals surface area (Å²) < 4.78 is 0. The Balaban J connectivity index is 1.88. The van der Waals surface area contributed by atoms with Crippen molar-refractivity contribution in [2.75, 3.05) is 25.9 Å². The van der Waals surface area contributed by atoms with Crippen LogP contribution in [0, 0.1) is 5.92 Å². The third-order valence-corrected chi connectivity index (χ3v) is 5.11. The lowest BCUT2D eigenvalue weighted by Crippen LogP contribution is -2.42. The molecule has 0 fully saturated rings. The molecule has 0 aromatic heterocycles. The number of nitrogens with zero attached hydrogens (tertiary/aromatic N) is 1. The van der Waals surface area contributed by atoms with Crippen molar-refractivity contribution >= 4 is 23.8 Å². The smallest absolute Gasteiger partial charge is 0.317 e. The summed E-state index contributed by atoms with van der Waals surface area (Å²) >= 11 is 1.85. The predicted molar refractivity (Wildman–Crippen MR) is 88.2 cm³/mol. The third kappa shape index (κ3) is 4.16. The highest BCUT2D eigenvalue weighted by molar-refractivity contribution is 7.99. The minimum atomic E-state index is -0.892. The summed E-state index contributed by atoms with van der Waals surface area (Å²) in [6.45, 7) is 2.36. The first-order chi connectivity index (χ1) is 10.5. The molecule has 2 rings (SSSR count). The molecule has 22 heavy (non-hydrogen) atoms. The van der Waals surface area contributed by atoms with Crippen LogP contribution in [0.5, 0.6) is 0 Å². The molecule has 0 saturated carbocycles. The van der Waals surface area contributed by atoms with Crippen LogP contribution >= 0.6 is 11.8 Å². The summed E-state index contributed by atoms with van der Waals surface area (Å²) in [4.78, 5) is 24.3. The molecule has 1 aromatic carbocycles. The maximum Gasteiger partial charge on any atom is 0.317 e. The molecule has 1 heterocycles. The fourth-order valence-electron chi connectivity index (χ4n) is 2.53. The van der Waals surface area contributed by atoms with E-state index in [1.165, 1.54) is 16.0 Å². The molecule has 2 atom stereocenters. The van der Waals surface area contributed by atoms with Gasteiger partial charge in [0.25, 0.3) is 0 Å². The van der Waals surface area contributed by atoms with Crippen molar-refractivity contribution in [3.05, 3.63) is 35.4 Å². The van der Waals surface area contributed by atoms with Crippen LogP contribution in [0.2, 0.25) is 0 Å². The molecular formula is C16H22N2O3S. The Hall–Kier alpha value is -1.69. The van der Waals surface area contributed by atoms with E-state index in [2.05, 4.69) is 17.4 Å². The number of nitrogens with one attached hydrogen (secondary N) is 1. The second-order valence-electron chi connectivity index (χ2n) is 5.61. The highest BCUT2D eigenvalue weighted by atomic mass is 32.2. The average Bonchev–Trinajstić information content (AvgIpc) is 2.52. The highest BCUT2D eigenvalue weighted by Crippen LogP contribution is 2.35. The summed E-state index contributed by atoms with van der Waals surface area (Å²) in [5.41, 5.74) is 2.65. The van der Waals surface area contributed by atoms with E-state index in [0.717, 1.165) is 12.2 Å². The number of benzene rings is 1. The summed E-state index contributed by atoms with van der Waals surface area (Å²) in [7, 11) is 1.62. The minimum Gasteiger partial charge on any atom is -0.481 e. The summed E-state index contributed by atoms with van der Waals surface area (Å²) in [5, 5.41) is 12.1. The van der Waals surface area contributed by atoms with Crippen molar-refractivity contribution in [1.82, 2.24) is 10.2 Å². The quantitative estimate of drug-likeness (QED) is 0.873. The van der Waals surface area contributed by atoms with Crippen LogP contribution < -0.4 is 5.32 Å². The molecule has 2 unspecified atom stereocenters. The molecule has 1 aromatic rings. The van der Waals surface area contributed by atoms with E-state index < -0.39 is 11.9 Å². The molecule has 120 valence electrons. The average molecular weight is 322 g/mol. The van der Waals surface area contributed by atoms with Gasteiger partial charge in [-0.1, -0.05) is 31.2 Å². The number of hydrogen-bond donors (Lipinski definition) is 2. The molecule has 1 aliphatic heterocycles. The van der Waals surface area contributed by atoms with E-state index in [9.17, 15) is 9.59 Å². The number of carboxylic acid groups (broad SMARTS) is 1. The van der Waals surface area contributed by atoms with Gasteiger partial charge < -0.3 is 15.3 Å². The second kappa shape index (κ2) is 7.54. The lowest BCUT2D eigenvalue weighted by molar-refractivity contribution is -0.141. The van der Waals surface area contributed by atoms with Crippen molar-refractivity contribution < 1.29 is 14.7 Å². The van der Waals surface area contributed by atoms with Gasteiger partial charge in [-0.2, -0.15) is 11.8 Å². The number of aliphatic carboxylic acids is 1. The molecular weight excluding hydrogens is 300 g/mol. The van der Waals surface area contributed by atoms with Gasteiger partial charge in [0.2, 0.25) is 0 Å². The van der Waals surface area contributed by atoms with Crippen LogP contribution in [0.15, 0.2) is 24.3 Å². The first-order valence-corrected chi connectivity index (χ1v) is 8.45. The van der Waals surface area contributed by atoms with Crippen LogP contribution in [-0.4, -0.2) is 47.9 Å². The van der Waals surface area contributed by atoms with Gasteiger partial charge in [-0.05, 0) is 23.3 Å². The van der Waals surface area contributed by atoms with E-state index >= 15 is 0 Å². The van der Waals surface area contributed by atoms with Gasteiger partial charge in [0.05, 0.1) is 5.92 Å². The highest BCUT2D eigenvalue weighted by Gasteiger charge is 2.22. The van der Waals surface area contributed by atoms with E-state index in [1.54, 1.807) is 14.0 Å². The van der Waals surface area contributed by atoms with Gasteiger partial charge >= 0.3 is 12.0 Å². The Morgan fingerprint density at radius 1 is 1.45 bits per heavy atom. The summed E-state index contributed by atoms with van der Waals surface area (Å²) in [6, 6.07) is 8.11. The van der Waals surface area contributed by atoms with Crippen molar-refractivity contribution in [1.29, 1.82) is 0 Å². The number of amides is 2. The number of carbonyl (C=O) groups excluding carboxylic acids is 1. The number of hydrogen-bond acceptors (Lipinski definition) is 3. The lowest BCUT2D eigenvalue weighted by atomic mass is 10.0. The largest absolute Gasteiger partial charge is 0.481 e. The van der Waals surface area contributed by atoms with E-state index in [1.807, 2.05) is 23.9 Å². The van der Waals surface area contributed by atoms with Gasteiger partial charge in [0.15, 0.2) is 0 Å². The van der Waals surface area contributed by atoms with Crippen LogP contribution in [0.3, 0.4) is 0 Å². The van der Waals surface area contributed by atoms with Crippen LogP contribution in [0.25, 0.3) is 0 Å². The maximum atomic E-state index is 12.1. The van der Waals surface area contributed by atoms with Gasteiger partial charge in [0.1, 0.15) is 0 Å². The Morgan fingerprint density at radius 3 is 2.91 bits per heavy atom.